The van der Waals surface area contributed by atoms with Crippen molar-refractivity contribution >= 4 is 27.8 Å². The van der Waals surface area contributed by atoms with Crippen molar-refractivity contribution in [1.82, 2.24) is 20.2 Å². The minimum atomic E-state index is 0.713. The lowest BCUT2D eigenvalue weighted by atomic mass is 10.1. The van der Waals surface area contributed by atoms with E-state index in [9.17, 15) is 0 Å². The van der Waals surface area contributed by atoms with Gasteiger partial charge in [-0.15, -0.1) is 0 Å². The van der Waals surface area contributed by atoms with E-state index in [0.717, 1.165) is 31.0 Å². The number of para-hydroxylation sites is 2. The standard InChI is InChI=1S/C23H25N5/c1-24-23(27-17-19-11-14-25-21-9-4-3-8-20(19)21)26-13-6-15-28-16-12-18-7-2-5-10-22(18)28/h2-5,7-12,14,16H,6,13,15,17H2,1H3,(H2,24,26,27). The van der Waals surface area contributed by atoms with Crippen LogP contribution in [0, 0.1) is 0 Å². The molecule has 0 fully saturated rings. The van der Waals surface area contributed by atoms with Crippen LogP contribution in [0.25, 0.3) is 21.8 Å². The van der Waals surface area contributed by atoms with Gasteiger partial charge in [-0.3, -0.25) is 9.98 Å². The smallest absolute Gasteiger partial charge is 0.191 e. The lowest BCUT2D eigenvalue weighted by Crippen LogP contribution is -2.37. The Morgan fingerprint density at radius 1 is 1.00 bits per heavy atom. The number of fused-ring (bicyclic) bond motifs is 2. The Morgan fingerprint density at radius 2 is 1.86 bits per heavy atom. The van der Waals surface area contributed by atoms with E-state index in [1.54, 1.807) is 7.05 Å². The third-order valence-corrected chi connectivity index (χ3v) is 4.96. The first-order valence-electron chi connectivity index (χ1n) is 9.66. The van der Waals surface area contributed by atoms with Crippen molar-refractivity contribution in [3.8, 4) is 0 Å². The number of rotatable bonds is 6. The third-order valence-electron chi connectivity index (χ3n) is 4.96. The number of aryl methyl sites for hydroxylation is 1. The molecule has 0 spiro atoms. The highest BCUT2D eigenvalue weighted by molar-refractivity contribution is 5.83. The largest absolute Gasteiger partial charge is 0.356 e. The topological polar surface area (TPSA) is 54.2 Å². The normalized spacial score (nSPS) is 11.8. The third kappa shape index (κ3) is 3.98. The van der Waals surface area contributed by atoms with E-state index in [-0.39, 0.29) is 0 Å². The molecule has 0 atom stereocenters. The summed E-state index contributed by atoms with van der Waals surface area (Å²) in [6, 6.07) is 20.9. The molecule has 2 heterocycles. The van der Waals surface area contributed by atoms with E-state index < -0.39 is 0 Å². The first kappa shape index (κ1) is 18.0. The Kier molecular flexibility index (Phi) is 5.52. The molecular weight excluding hydrogens is 346 g/mol. The minimum absolute atomic E-state index is 0.713. The molecular formula is C23H25N5. The van der Waals surface area contributed by atoms with E-state index in [1.807, 2.05) is 24.4 Å². The van der Waals surface area contributed by atoms with Crippen molar-refractivity contribution in [2.75, 3.05) is 13.6 Å². The molecule has 2 N–H and O–H groups in total. The molecule has 28 heavy (non-hydrogen) atoms. The second kappa shape index (κ2) is 8.57. The van der Waals surface area contributed by atoms with Gasteiger partial charge >= 0.3 is 0 Å². The summed E-state index contributed by atoms with van der Waals surface area (Å²) in [6.07, 6.45) is 5.04. The Balaban J connectivity index is 1.29. The van der Waals surface area contributed by atoms with Crippen molar-refractivity contribution in [2.24, 2.45) is 4.99 Å². The molecule has 0 unspecified atom stereocenters. The maximum atomic E-state index is 4.42. The maximum Gasteiger partial charge on any atom is 0.191 e. The van der Waals surface area contributed by atoms with Crippen LogP contribution in [-0.2, 0) is 13.1 Å². The quantitative estimate of drug-likeness (QED) is 0.307. The van der Waals surface area contributed by atoms with E-state index >= 15 is 0 Å². The number of guanidine groups is 1. The fraction of sp³-hybridized carbons (Fsp3) is 0.217. The predicted octanol–water partition coefficient (Wildman–Crippen LogP) is 3.94. The molecule has 4 rings (SSSR count). The summed E-state index contributed by atoms with van der Waals surface area (Å²) in [5.74, 6) is 0.818. The van der Waals surface area contributed by atoms with Crippen molar-refractivity contribution in [3.63, 3.8) is 0 Å². The van der Waals surface area contributed by atoms with Gasteiger partial charge in [-0.05, 0) is 41.6 Å². The van der Waals surface area contributed by atoms with Gasteiger partial charge in [0.05, 0.1) is 5.52 Å². The summed E-state index contributed by atoms with van der Waals surface area (Å²) < 4.78 is 2.30. The van der Waals surface area contributed by atoms with Gasteiger partial charge < -0.3 is 15.2 Å². The van der Waals surface area contributed by atoms with Gasteiger partial charge in [-0.2, -0.15) is 0 Å². The number of aliphatic imine (C=N–C) groups is 1. The molecule has 0 radical (unpaired) electrons. The van der Waals surface area contributed by atoms with Crippen LogP contribution in [0.3, 0.4) is 0 Å². The molecule has 0 aliphatic heterocycles. The summed E-state index contributed by atoms with van der Waals surface area (Å²) in [5, 5.41) is 9.28. The highest BCUT2D eigenvalue weighted by Crippen LogP contribution is 2.16. The SMILES string of the molecule is CN=C(NCCCn1ccc2ccccc21)NCc1ccnc2ccccc12. The maximum absolute atomic E-state index is 4.42. The van der Waals surface area contributed by atoms with Gasteiger partial charge in [0, 0.05) is 50.0 Å². The van der Waals surface area contributed by atoms with Crippen LogP contribution in [-0.4, -0.2) is 29.1 Å². The Morgan fingerprint density at radius 3 is 2.79 bits per heavy atom. The predicted molar refractivity (Wildman–Crippen MR) is 116 cm³/mol. The van der Waals surface area contributed by atoms with Crippen molar-refractivity contribution in [1.29, 1.82) is 0 Å². The zero-order valence-corrected chi connectivity index (χ0v) is 16.1. The molecule has 142 valence electrons. The number of pyridine rings is 1. The van der Waals surface area contributed by atoms with Crippen molar-refractivity contribution < 1.29 is 0 Å². The summed E-state index contributed by atoms with van der Waals surface area (Å²) in [5.41, 5.74) is 3.52. The average molecular weight is 371 g/mol. The van der Waals surface area contributed by atoms with Gasteiger partial charge in [0.2, 0.25) is 0 Å². The molecule has 0 aliphatic rings. The first-order valence-corrected chi connectivity index (χ1v) is 9.66. The fourth-order valence-electron chi connectivity index (χ4n) is 3.50. The minimum Gasteiger partial charge on any atom is -0.356 e. The average Bonchev–Trinajstić information content (AvgIpc) is 3.16. The summed E-state index contributed by atoms with van der Waals surface area (Å²) in [7, 11) is 1.81. The van der Waals surface area contributed by atoms with Crippen LogP contribution in [0.15, 0.2) is 78.0 Å². The van der Waals surface area contributed by atoms with Gasteiger partial charge in [0.25, 0.3) is 0 Å². The molecule has 4 aromatic rings. The van der Waals surface area contributed by atoms with E-state index in [1.165, 1.54) is 21.9 Å². The zero-order chi connectivity index (χ0) is 19.2. The van der Waals surface area contributed by atoms with E-state index in [0.29, 0.717) is 6.54 Å². The molecule has 2 aromatic carbocycles. The molecule has 5 nitrogen and oxygen atoms in total. The summed E-state index contributed by atoms with van der Waals surface area (Å²) in [6.45, 7) is 2.56. The number of nitrogens with one attached hydrogen (secondary N) is 2. The highest BCUT2D eigenvalue weighted by Gasteiger charge is 2.04. The van der Waals surface area contributed by atoms with Gasteiger partial charge in [-0.1, -0.05) is 36.4 Å². The first-order chi connectivity index (χ1) is 13.8. The van der Waals surface area contributed by atoms with Crippen LogP contribution >= 0.6 is 0 Å². The Labute approximate surface area is 165 Å². The lowest BCUT2D eigenvalue weighted by molar-refractivity contribution is 0.641. The molecule has 0 aliphatic carbocycles. The molecule has 0 amide bonds. The second-order valence-electron chi connectivity index (χ2n) is 6.76. The van der Waals surface area contributed by atoms with Crippen LogP contribution in [0.1, 0.15) is 12.0 Å². The van der Waals surface area contributed by atoms with E-state index in [4.69, 9.17) is 0 Å². The number of hydrogen-bond acceptors (Lipinski definition) is 2. The fourth-order valence-corrected chi connectivity index (χ4v) is 3.50. The van der Waals surface area contributed by atoms with E-state index in [2.05, 4.69) is 73.8 Å². The number of aromatic nitrogens is 2. The lowest BCUT2D eigenvalue weighted by Gasteiger charge is -2.13. The van der Waals surface area contributed by atoms with Crippen LogP contribution in [0.2, 0.25) is 0 Å². The van der Waals surface area contributed by atoms with Crippen LogP contribution in [0.5, 0.6) is 0 Å². The monoisotopic (exact) mass is 371 g/mol. The molecule has 0 bridgehead atoms. The van der Waals surface area contributed by atoms with Gasteiger partial charge in [0.15, 0.2) is 5.96 Å². The van der Waals surface area contributed by atoms with Crippen LogP contribution < -0.4 is 10.6 Å². The van der Waals surface area contributed by atoms with Gasteiger partial charge in [0.1, 0.15) is 0 Å². The van der Waals surface area contributed by atoms with Gasteiger partial charge in [-0.25, -0.2) is 0 Å². The van der Waals surface area contributed by atoms with Crippen molar-refractivity contribution in [2.45, 2.75) is 19.5 Å². The number of nitrogens with zero attached hydrogens (tertiary/aromatic N) is 3. The molecule has 0 saturated carbocycles. The van der Waals surface area contributed by atoms with Crippen molar-refractivity contribution in [3.05, 3.63) is 78.6 Å². The van der Waals surface area contributed by atoms with Crippen LogP contribution in [0.4, 0.5) is 0 Å². The highest BCUT2D eigenvalue weighted by atomic mass is 15.2. The Hall–Kier alpha value is -3.34. The molecule has 0 saturated heterocycles. The molecule has 5 heteroatoms. The zero-order valence-electron chi connectivity index (χ0n) is 16.1. The molecule has 2 aromatic heterocycles. The summed E-state index contributed by atoms with van der Waals surface area (Å²) in [4.78, 5) is 8.76. The number of hydrogen-bond donors (Lipinski definition) is 2. The summed E-state index contributed by atoms with van der Waals surface area (Å²) >= 11 is 0. The Bertz CT molecular complexity index is 1090. The second-order valence-corrected chi connectivity index (χ2v) is 6.76. The number of benzene rings is 2.